The van der Waals surface area contributed by atoms with Gasteiger partial charge in [0.25, 0.3) is 5.91 Å². The van der Waals surface area contributed by atoms with Gasteiger partial charge in [-0.25, -0.2) is 0 Å². The zero-order valence-electron chi connectivity index (χ0n) is 20.4. The Balaban J connectivity index is 1.43. The third kappa shape index (κ3) is 6.12. The van der Waals surface area contributed by atoms with E-state index < -0.39 is 0 Å². The summed E-state index contributed by atoms with van der Waals surface area (Å²) in [7, 11) is 0. The van der Waals surface area contributed by atoms with E-state index in [0.29, 0.717) is 29.0 Å². The summed E-state index contributed by atoms with van der Waals surface area (Å²) in [5.74, 6) is 0.604. The van der Waals surface area contributed by atoms with Crippen LogP contribution in [0.1, 0.15) is 44.0 Å². The molecular formula is C27H27N5O4. The average Bonchev–Trinajstić information content (AvgIpc) is 3.40. The van der Waals surface area contributed by atoms with Crippen molar-refractivity contribution in [2.45, 2.75) is 33.6 Å². The van der Waals surface area contributed by atoms with Crippen LogP contribution in [0.5, 0.6) is 5.75 Å². The van der Waals surface area contributed by atoms with Gasteiger partial charge >= 0.3 is 0 Å². The average molecular weight is 486 g/mol. The summed E-state index contributed by atoms with van der Waals surface area (Å²) in [4.78, 5) is 25.5. The highest BCUT2D eigenvalue weighted by Crippen LogP contribution is 2.26. The van der Waals surface area contributed by atoms with Crippen LogP contribution in [0.25, 0.3) is 22.6 Å². The fourth-order valence-electron chi connectivity index (χ4n) is 3.52. The Bertz CT molecular complexity index is 1460. The van der Waals surface area contributed by atoms with Crippen molar-refractivity contribution in [2.24, 2.45) is 0 Å². The number of fused-ring (bicyclic) bond motifs is 1. The molecule has 2 aromatic carbocycles. The number of H-pyrrole nitrogens is 1. The number of rotatable bonds is 9. The van der Waals surface area contributed by atoms with Crippen LogP contribution in [-0.4, -0.2) is 33.1 Å². The van der Waals surface area contributed by atoms with Crippen molar-refractivity contribution in [3.8, 4) is 17.3 Å². The fourth-order valence-corrected chi connectivity index (χ4v) is 3.52. The third-order valence-corrected chi connectivity index (χ3v) is 5.46. The summed E-state index contributed by atoms with van der Waals surface area (Å²) in [6.45, 7) is 6.75. The number of carbonyl (C=O) groups is 1. The van der Waals surface area contributed by atoms with Gasteiger partial charge in [-0.05, 0) is 81.3 Å². The van der Waals surface area contributed by atoms with Gasteiger partial charge in [0.1, 0.15) is 12.4 Å². The molecule has 9 heteroatoms. The minimum atomic E-state index is -0.350. The molecule has 1 amide bonds. The molecule has 4 aromatic rings. The number of hydrogen-bond donors (Lipinski definition) is 2. The molecule has 2 aromatic heterocycles. The van der Waals surface area contributed by atoms with Crippen molar-refractivity contribution in [3.63, 3.8) is 0 Å². The number of tetrazole rings is 1. The zero-order valence-corrected chi connectivity index (χ0v) is 20.4. The standard InChI is InChI=1S/C27H27N5O4/c1-17(2)6-4-7-18(3)14-15-35-20-12-10-19(11-13-20)27(34)28-22-9-5-8-21-23(33)16-24(36-25(21)22)26-29-31-32-30-26/h5-6,8-14,16H,4,7,15H2,1-3H3,(H,28,34)(H,29,30,31,32)/b18-14+. The first-order valence-corrected chi connectivity index (χ1v) is 11.5. The molecule has 0 aliphatic carbocycles. The Labute approximate surface area is 207 Å². The second-order valence-corrected chi connectivity index (χ2v) is 8.55. The molecule has 0 bridgehead atoms. The smallest absolute Gasteiger partial charge is 0.255 e. The maximum absolute atomic E-state index is 12.9. The van der Waals surface area contributed by atoms with Crippen molar-refractivity contribution < 1.29 is 13.9 Å². The van der Waals surface area contributed by atoms with Gasteiger partial charge in [0.15, 0.2) is 16.8 Å². The van der Waals surface area contributed by atoms with E-state index in [2.05, 4.69) is 58.9 Å². The minimum Gasteiger partial charge on any atom is -0.490 e. The van der Waals surface area contributed by atoms with Crippen LogP contribution in [0, 0.1) is 0 Å². The van der Waals surface area contributed by atoms with Crippen LogP contribution >= 0.6 is 0 Å². The molecule has 0 aliphatic heterocycles. The van der Waals surface area contributed by atoms with Crippen molar-refractivity contribution in [2.75, 3.05) is 11.9 Å². The van der Waals surface area contributed by atoms with E-state index in [0.717, 1.165) is 12.8 Å². The quantitative estimate of drug-likeness (QED) is 0.309. The Kier molecular flexibility index (Phi) is 7.69. The van der Waals surface area contributed by atoms with E-state index in [1.807, 2.05) is 0 Å². The third-order valence-electron chi connectivity index (χ3n) is 5.46. The summed E-state index contributed by atoms with van der Waals surface area (Å²) in [5.41, 5.74) is 3.33. The summed E-state index contributed by atoms with van der Waals surface area (Å²) < 4.78 is 11.6. The molecular weight excluding hydrogens is 458 g/mol. The molecule has 2 N–H and O–H groups in total. The number of para-hydroxylation sites is 1. The Morgan fingerprint density at radius 2 is 1.92 bits per heavy atom. The number of amides is 1. The second-order valence-electron chi connectivity index (χ2n) is 8.55. The van der Waals surface area contributed by atoms with Crippen LogP contribution in [-0.2, 0) is 0 Å². The van der Waals surface area contributed by atoms with Crippen LogP contribution in [0.2, 0.25) is 0 Å². The van der Waals surface area contributed by atoms with Crippen LogP contribution in [0.4, 0.5) is 5.69 Å². The molecule has 9 nitrogen and oxygen atoms in total. The molecule has 0 unspecified atom stereocenters. The number of nitrogens with one attached hydrogen (secondary N) is 2. The number of benzene rings is 2. The molecule has 0 spiro atoms. The van der Waals surface area contributed by atoms with E-state index in [1.165, 1.54) is 17.2 Å². The first-order valence-electron chi connectivity index (χ1n) is 11.5. The highest BCUT2D eigenvalue weighted by molar-refractivity contribution is 6.08. The van der Waals surface area contributed by atoms with Crippen LogP contribution in [0.15, 0.2) is 81.0 Å². The van der Waals surface area contributed by atoms with Gasteiger partial charge in [-0.2, -0.15) is 5.21 Å². The lowest BCUT2D eigenvalue weighted by molar-refractivity contribution is 0.102. The van der Waals surface area contributed by atoms with E-state index in [-0.39, 0.29) is 28.5 Å². The second kappa shape index (κ2) is 11.3. The van der Waals surface area contributed by atoms with Crippen LogP contribution < -0.4 is 15.5 Å². The number of aromatic amines is 1. The summed E-state index contributed by atoms with van der Waals surface area (Å²) in [5, 5.41) is 16.6. The van der Waals surface area contributed by atoms with Gasteiger partial charge in [-0.3, -0.25) is 9.59 Å². The van der Waals surface area contributed by atoms with E-state index in [4.69, 9.17) is 9.15 Å². The number of carbonyl (C=O) groups excluding carboxylic acids is 1. The number of aromatic nitrogens is 4. The number of ether oxygens (including phenoxy) is 1. The topological polar surface area (TPSA) is 123 Å². The lowest BCUT2D eigenvalue weighted by Gasteiger charge is -2.09. The van der Waals surface area contributed by atoms with Gasteiger partial charge in [-0.15, -0.1) is 10.2 Å². The normalized spacial score (nSPS) is 11.4. The Hall–Kier alpha value is -4.53. The molecule has 0 radical (unpaired) electrons. The van der Waals surface area contributed by atoms with Gasteiger partial charge in [0, 0.05) is 11.6 Å². The van der Waals surface area contributed by atoms with E-state index in [1.54, 1.807) is 42.5 Å². The predicted octanol–water partition coefficient (Wildman–Crippen LogP) is 5.30. The first kappa shape index (κ1) is 24.6. The van der Waals surface area contributed by atoms with Crippen molar-refractivity contribution in [1.29, 1.82) is 0 Å². The lowest BCUT2D eigenvalue weighted by atomic mass is 10.1. The van der Waals surface area contributed by atoms with Crippen molar-refractivity contribution in [1.82, 2.24) is 20.6 Å². The molecule has 36 heavy (non-hydrogen) atoms. The number of nitrogens with zero attached hydrogens (tertiary/aromatic N) is 3. The maximum atomic E-state index is 12.9. The van der Waals surface area contributed by atoms with Crippen molar-refractivity contribution in [3.05, 3.63) is 87.6 Å². The molecule has 184 valence electrons. The number of anilines is 1. The zero-order chi connectivity index (χ0) is 25.5. The van der Waals surface area contributed by atoms with Crippen LogP contribution in [0.3, 0.4) is 0 Å². The van der Waals surface area contributed by atoms with Crippen molar-refractivity contribution >= 4 is 22.6 Å². The number of hydrogen-bond acceptors (Lipinski definition) is 7. The Morgan fingerprint density at radius 1 is 1.11 bits per heavy atom. The SMILES string of the molecule is CC(C)=CCC/C(C)=C/COc1ccc(C(=O)Nc2cccc3c(=O)cc(-c4nn[nH]n4)oc23)cc1. The summed E-state index contributed by atoms with van der Waals surface area (Å²) >= 11 is 0. The molecule has 0 saturated heterocycles. The van der Waals surface area contributed by atoms with E-state index in [9.17, 15) is 9.59 Å². The highest BCUT2D eigenvalue weighted by Gasteiger charge is 2.15. The van der Waals surface area contributed by atoms with Gasteiger partial charge in [0.2, 0.25) is 5.82 Å². The summed E-state index contributed by atoms with van der Waals surface area (Å²) in [6, 6.07) is 13.1. The van der Waals surface area contributed by atoms with Gasteiger partial charge in [0.05, 0.1) is 11.1 Å². The monoisotopic (exact) mass is 485 g/mol. The molecule has 0 atom stereocenters. The largest absolute Gasteiger partial charge is 0.490 e. The number of allylic oxidation sites excluding steroid dienone is 3. The molecule has 4 rings (SSSR count). The maximum Gasteiger partial charge on any atom is 0.255 e. The first-order chi connectivity index (χ1) is 17.4. The highest BCUT2D eigenvalue weighted by atomic mass is 16.5. The molecule has 0 fully saturated rings. The Morgan fingerprint density at radius 3 is 2.64 bits per heavy atom. The molecule has 0 saturated carbocycles. The van der Waals surface area contributed by atoms with Gasteiger partial charge in [-0.1, -0.05) is 23.3 Å². The molecule has 2 heterocycles. The fraction of sp³-hybridized carbons (Fsp3) is 0.222. The molecule has 0 aliphatic rings. The van der Waals surface area contributed by atoms with E-state index >= 15 is 0 Å². The summed E-state index contributed by atoms with van der Waals surface area (Å²) in [6.07, 6.45) is 6.31. The lowest BCUT2D eigenvalue weighted by Crippen LogP contribution is -2.13. The predicted molar refractivity (Wildman–Crippen MR) is 138 cm³/mol. The van der Waals surface area contributed by atoms with Gasteiger partial charge < -0.3 is 14.5 Å². The minimum absolute atomic E-state index is 0.142.